The van der Waals surface area contributed by atoms with Gasteiger partial charge in [0, 0.05) is 23.6 Å². The number of nitrogens with zero attached hydrogens (tertiary/aromatic N) is 1. The zero-order valence-corrected chi connectivity index (χ0v) is 11.0. The maximum atomic E-state index is 11.9. The summed E-state index contributed by atoms with van der Waals surface area (Å²) in [7, 11) is -3.55. The normalized spacial score (nSPS) is 11.7. The molecule has 1 aromatic heterocycles. The maximum Gasteiger partial charge on any atom is 0.266 e. The summed E-state index contributed by atoms with van der Waals surface area (Å²) in [5.74, 6) is -0.596. The number of carbonyl (C=O) groups is 1. The molecule has 1 N–H and O–H groups in total. The van der Waals surface area contributed by atoms with Crippen molar-refractivity contribution in [3.05, 3.63) is 36.0 Å². The molecule has 0 saturated heterocycles. The Morgan fingerprint density at radius 1 is 1.33 bits per heavy atom. The quantitative estimate of drug-likeness (QED) is 0.911. The average Bonchev–Trinajstić information content (AvgIpc) is 2.65. The number of hydrogen-bond donors (Lipinski definition) is 1. The second-order valence-corrected chi connectivity index (χ2v) is 5.80. The van der Waals surface area contributed by atoms with Crippen LogP contribution in [0.25, 0.3) is 10.9 Å². The third-order valence-corrected chi connectivity index (χ3v) is 3.21. The molecule has 1 amide bonds. The number of carbonyl (C=O) groups excluding carboxylic acids is 1. The van der Waals surface area contributed by atoms with Gasteiger partial charge >= 0.3 is 0 Å². The molecule has 1 heterocycles. The number of fused-ring (bicyclic) bond motifs is 1. The number of aryl methyl sites for hydroxylation is 1. The largest absolute Gasteiger partial charge is 0.347 e. The zero-order valence-electron chi connectivity index (χ0n) is 10.2. The van der Waals surface area contributed by atoms with Crippen molar-refractivity contribution in [2.24, 2.45) is 0 Å². The third-order valence-electron chi connectivity index (χ3n) is 2.65. The Morgan fingerprint density at radius 2 is 2.00 bits per heavy atom. The fourth-order valence-electron chi connectivity index (χ4n) is 1.91. The van der Waals surface area contributed by atoms with Crippen LogP contribution in [0.15, 0.2) is 30.5 Å². The van der Waals surface area contributed by atoms with E-state index < -0.39 is 15.9 Å². The van der Waals surface area contributed by atoms with Gasteiger partial charge in [-0.1, -0.05) is 18.2 Å². The number of hydrogen-bond acceptors (Lipinski definition) is 3. The van der Waals surface area contributed by atoms with E-state index in [4.69, 9.17) is 0 Å². The Bertz CT molecular complexity index is 701. The lowest BCUT2D eigenvalue weighted by Gasteiger charge is -2.00. The average molecular weight is 266 g/mol. The number of sulfonamides is 1. The molecule has 5 nitrogen and oxygen atoms in total. The molecule has 0 spiro atoms. The number of para-hydroxylation sites is 1. The minimum absolute atomic E-state index is 0.373. The first-order valence-electron chi connectivity index (χ1n) is 5.52. The molecule has 0 unspecified atom stereocenters. The summed E-state index contributed by atoms with van der Waals surface area (Å²) in [4.78, 5) is 11.9. The standard InChI is InChI=1S/C12H14N2O3S/c1-3-14-8-10(12(15)13-18(2,16)17)9-6-4-5-7-11(9)14/h4-8H,3H2,1-2H3,(H,13,15). The second kappa shape index (κ2) is 4.45. The minimum atomic E-state index is -3.55. The van der Waals surface area contributed by atoms with E-state index in [1.54, 1.807) is 12.3 Å². The van der Waals surface area contributed by atoms with Crippen LogP contribution < -0.4 is 4.72 Å². The fraction of sp³-hybridized carbons (Fsp3) is 0.250. The lowest BCUT2D eigenvalue weighted by atomic mass is 10.2. The summed E-state index contributed by atoms with van der Waals surface area (Å²) in [6.07, 6.45) is 2.63. The lowest BCUT2D eigenvalue weighted by Crippen LogP contribution is -2.29. The molecular weight excluding hydrogens is 252 g/mol. The zero-order chi connectivity index (χ0) is 13.3. The first-order valence-corrected chi connectivity index (χ1v) is 7.41. The highest BCUT2D eigenvalue weighted by Crippen LogP contribution is 2.21. The van der Waals surface area contributed by atoms with Gasteiger partial charge in [-0.3, -0.25) is 4.79 Å². The lowest BCUT2D eigenvalue weighted by molar-refractivity contribution is 0.0983. The molecule has 96 valence electrons. The van der Waals surface area contributed by atoms with Crippen molar-refractivity contribution in [2.75, 3.05) is 6.26 Å². The maximum absolute atomic E-state index is 11.9. The van der Waals surface area contributed by atoms with Crippen molar-refractivity contribution >= 4 is 26.8 Å². The van der Waals surface area contributed by atoms with Gasteiger partial charge in [0.25, 0.3) is 5.91 Å². The molecule has 0 fully saturated rings. The summed E-state index contributed by atoms with van der Waals surface area (Å²) < 4.78 is 26.1. The highest BCUT2D eigenvalue weighted by molar-refractivity contribution is 7.89. The van der Waals surface area contributed by atoms with Crippen molar-refractivity contribution in [3.63, 3.8) is 0 Å². The van der Waals surface area contributed by atoms with Gasteiger partial charge in [-0.25, -0.2) is 13.1 Å². The van der Waals surface area contributed by atoms with Crippen LogP contribution in [0.2, 0.25) is 0 Å². The first kappa shape index (κ1) is 12.6. The van der Waals surface area contributed by atoms with Gasteiger partial charge in [-0.05, 0) is 13.0 Å². The molecule has 0 radical (unpaired) electrons. The minimum Gasteiger partial charge on any atom is -0.347 e. The number of amides is 1. The number of aromatic nitrogens is 1. The molecule has 0 aliphatic rings. The molecular formula is C12H14N2O3S. The monoisotopic (exact) mass is 266 g/mol. The number of benzene rings is 1. The summed E-state index contributed by atoms with van der Waals surface area (Å²) in [5.41, 5.74) is 1.29. The van der Waals surface area contributed by atoms with E-state index in [1.807, 2.05) is 34.4 Å². The van der Waals surface area contributed by atoms with Crippen molar-refractivity contribution < 1.29 is 13.2 Å². The van der Waals surface area contributed by atoms with Gasteiger partial charge in [0.15, 0.2) is 0 Å². The Morgan fingerprint density at radius 3 is 2.61 bits per heavy atom. The molecule has 0 aliphatic heterocycles. The second-order valence-electron chi connectivity index (χ2n) is 4.05. The van der Waals surface area contributed by atoms with Gasteiger partial charge in [-0.2, -0.15) is 0 Å². The Labute approximate surface area is 105 Å². The Hall–Kier alpha value is -1.82. The molecule has 2 aromatic rings. The van der Waals surface area contributed by atoms with E-state index in [0.29, 0.717) is 12.1 Å². The van der Waals surface area contributed by atoms with Crippen molar-refractivity contribution in [1.82, 2.24) is 9.29 Å². The van der Waals surface area contributed by atoms with Gasteiger partial charge < -0.3 is 4.57 Å². The topological polar surface area (TPSA) is 68.2 Å². The van der Waals surface area contributed by atoms with E-state index in [0.717, 1.165) is 17.2 Å². The van der Waals surface area contributed by atoms with E-state index in [9.17, 15) is 13.2 Å². The van der Waals surface area contributed by atoms with Gasteiger partial charge in [0.05, 0.1) is 11.8 Å². The van der Waals surface area contributed by atoms with E-state index >= 15 is 0 Å². The van der Waals surface area contributed by atoms with Crippen LogP contribution >= 0.6 is 0 Å². The van der Waals surface area contributed by atoms with Gasteiger partial charge in [0.1, 0.15) is 0 Å². The number of nitrogens with one attached hydrogen (secondary N) is 1. The smallest absolute Gasteiger partial charge is 0.266 e. The molecule has 0 saturated carbocycles. The van der Waals surface area contributed by atoms with Crippen molar-refractivity contribution in [1.29, 1.82) is 0 Å². The highest BCUT2D eigenvalue weighted by atomic mass is 32.2. The molecule has 2 rings (SSSR count). The third kappa shape index (κ3) is 2.38. The number of rotatable bonds is 3. The summed E-state index contributed by atoms with van der Waals surface area (Å²) >= 11 is 0. The van der Waals surface area contributed by atoms with E-state index in [2.05, 4.69) is 0 Å². The SMILES string of the molecule is CCn1cc(C(=O)NS(C)(=O)=O)c2ccccc21. The predicted octanol–water partition coefficient (Wildman–Crippen LogP) is 1.35. The van der Waals surface area contributed by atoms with Crippen LogP contribution in [0.4, 0.5) is 0 Å². The molecule has 6 heteroatoms. The molecule has 1 aromatic carbocycles. The van der Waals surface area contributed by atoms with Crippen LogP contribution in [-0.4, -0.2) is 25.1 Å². The van der Waals surface area contributed by atoms with Crippen LogP contribution in [0.5, 0.6) is 0 Å². The predicted molar refractivity (Wildman–Crippen MR) is 69.9 cm³/mol. The van der Waals surface area contributed by atoms with Crippen LogP contribution in [0, 0.1) is 0 Å². The molecule has 0 aliphatic carbocycles. The molecule has 0 bridgehead atoms. The van der Waals surface area contributed by atoms with Gasteiger partial charge in [-0.15, -0.1) is 0 Å². The van der Waals surface area contributed by atoms with Crippen LogP contribution in [0.1, 0.15) is 17.3 Å². The summed E-state index contributed by atoms with van der Waals surface area (Å²) in [5, 5.41) is 0.750. The van der Waals surface area contributed by atoms with Crippen molar-refractivity contribution in [2.45, 2.75) is 13.5 Å². The fourth-order valence-corrected chi connectivity index (χ4v) is 2.36. The van der Waals surface area contributed by atoms with E-state index in [1.165, 1.54) is 0 Å². The van der Waals surface area contributed by atoms with Crippen molar-refractivity contribution in [3.8, 4) is 0 Å². The summed E-state index contributed by atoms with van der Waals surface area (Å²) in [6, 6.07) is 7.40. The highest BCUT2D eigenvalue weighted by Gasteiger charge is 2.16. The first-order chi connectivity index (χ1) is 8.42. The van der Waals surface area contributed by atoms with E-state index in [-0.39, 0.29) is 0 Å². The Kier molecular flexibility index (Phi) is 3.13. The van der Waals surface area contributed by atoms with Crippen LogP contribution in [-0.2, 0) is 16.6 Å². The molecule has 0 atom stereocenters. The van der Waals surface area contributed by atoms with Gasteiger partial charge in [0.2, 0.25) is 10.0 Å². The van der Waals surface area contributed by atoms with Crippen LogP contribution in [0.3, 0.4) is 0 Å². The Balaban J connectivity index is 2.55. The molecule has 18 heavy (non-hydrogen) atoms. The summed E-state index contributed by atoms with van der Waals surface area (Å²) in [6.45, 7) is 2.68.